The second-order valence-corrected chi connectivity index (χ2v) is 5.15. The van der Waals surface area contributed by atoms with E-state index in [1.807, 2.05) is 6.92 Å². The molecule has 1 N–H and O–H groups in total. The van der Waals surface area contributed by atoms with Gasteiger partial charge in [-0.2, -0.15) is 0 Å². The molecule has 92 valence electrons. The first-order chi connectivity index (χ1) is 7.43. The van der Waals surface area contributed by atoms with E-state index in [9.17, 15) is 4.79 Å². The Hall–Kier alpha value is -0.830. The van der Waals surface area contributed by atoms with Crippen molar-refractivity contribution in [3.8, 4) is 0 Å². The van der Waals surface area contributed by atoms with Gasteiger partial charge in [0.25, 0.3) is 0 Å². The summed E-state index contributed by atoms with van der Waals surface area (Å²) in [5.74, 6) is 0.0297. The van der Waals surface area contributed by atoms with E-state index in [1.54, 1.807) is 6.08 Å². The van der Waals surface area contributed by atoms with Crippen LogP contribution < -0.4 is 5.32 Å². The van der Waals surface area contributed by atoms with Gasteiger partial charge in [0, 0.05) is 18.7 Å². The molecule has 0 bridgehead atoms. The summed E-state index contributed by atoms with van der Waals surface area (Å²) in [6.45, 7) is 8.90. The molecule has 1 amide bonds. The molecule has 0 aromatic carbocycles. The van der Waals surface area contributed by atoms with E-state index in [-0.39, 0.29) is 17.6 Å². The van der Waals surface area contributed by atoms with E-state index in [2.05, 4.69) is 26.1 Å². The van der Waals surface area contributed by atoms with Crippen LogP contribution in [-0.2, 0) is 9.53 Å². The van der Waals surface area contributed by atoms with Crippen LogP contribution >= 0.6 is 0 Å². The average molecular weight is 225 g/mol. The third-order valence-electron chi connectivity index (χ3n) is 2.98. The number of hydrogen-bond donors (Lipinski definition) is 1. The molecule has 0 aliphatic carbocycles. The Kier molecular flexibility index (Phi) is 4.54. The predicted octanol–water partition coefficient (Wildman–Crippen LogP) is 2.42. The summed E-state index contributed by atoms with van der Waals surface area (Å²) in [5, 5.41) is 3.04. The van der Waals surface area contributed by atoms with Gasteiger partial charge < -0.3 is 10.1 Å². The van der Waals surface area contributed by atoms with Crippen molar-refractivity contribution in [3.05, 3.63) is 11.6 Å². The van der Waals surface area contributed by atoms with Crippen molar-refractivity contribution in [3.63, 3.8) is 0 Å². The number of nitrogens with one attached hydrogen (secondary N) is 1. The molecule has 0 aromatic rings. The van der Waals surface area contributed by atoms with Crippen molar-refractivity contribution in [2.24, 2.45) is 0 Å². The van der Waals surface area contributed by atoms with E-state index in [0.717, 1.165) is 31.4 Å². The molecule has 1 rings (SSSR count). The molecule has 16 heavy (non-hydrogen) atoms. The van der Waals surface area contributed by atoms with Gasteiger partial charge in [0.15, 0.2) is 0 Å². The molecule has 1 aliphatic rings. The predicted molar refractivity (Wildman–Crippen MR) is 65.2 cm³/mol. The Labute approximate surface area is 98.2 Å². The monoisotopic (exact) mass is 225 g/mol. The van der Waals surface area contributed by atoms with Gasteiger partial charge in [0.05, 0.1) is 5.60 Å². The largest absolute Gasteiger partial charge is 0.375 e. The maximum atomic E-state index is 11.7. The molecule has 1 aliphatic heterocycles. The Balaban J connectivity index is 2.45. The minimum Gasteiger partial charge on any atom is -0.375 e. The fraction of sp³-hybridized carbons (Fsp3) is 0.769. The Bertz CT molecular complexity index is 282. The topological polar surface area (TPSA) is 38.3 Å². The molecule has 1 fully saturated rings. The van der Waals surface area contributed by atoms with Crippen LogP contribution in [0.2, 0.25) is 0 Å². The molecule has 0 spiro atoms. The fourth-order valence-electron chi connectivity index (χ4n) is 1.92. The zero-order valence-corrected chi connectivity index (χ0v) is 10.8. The normalized spacial score (nSPS) is 25.2. The van der Waals surface area contributed by atoms with Crippen LogP contribution in [0.25, 0.3) is 0 Å². The van der Waals surface area contributed by atoms with E-state index in [1.165, 1.54) is 0 Å². The highest BCUT2D eigenvalue weighted by Gasteiger charge is 2.29. The van der Waals surface area contributed by atoms with Crippen molar-refractivity contribution in [1.29, 1.82) is 0 Å². The van der Waals surface area contributed by atoms with Gasteiger partial charge in [-0.15, -0.1) is 0 Å². The van der Waals surface area contributed by atoms with Crippen LogP contribution in [-0.4, -0.2) is 24.2 Å². The zero-order valence-electron chi connectivity index (χ0n) is 10.8. The van der Waals surface area contributed by atoms with Crippen molar-refractivity contribution >= 4 is 5.91 Å². The summed E-state index contributed by atoms with van der Waals surface area (Å²) in [4.78, 5) is 11.7. The van der Waals surface area contributed by atoms with Crippen LogP contribution in [0.5, 0.6) is 0 Å². The zero-order chi connectivity index (χ0) is 12.2. The van der Waals surface area contributed by atoms with Gasteiger partial charge in [-0.05, 0) is 40.0 Å². The lowest BCUT2D eigenvalue weighted by Gasteiger charge is -2.35. The lowest BCUT2D eigenvalue weighted by Crippen LogP contribution is -2.45. The summed E-state index contributed by atoms with van der Waals surface area (Å²) in [6.07, 6.45) is 4.42. The number of rotatable bonds is 3. The van der Waals surface area contributed by atoms with Gasteiger partial charge >= 0.3 is 0 Å². The minimum atomic E-state index is -0.111. The first-order valence-electron chi connectivity index (χ1n) is 6.04. The lowest BCUT2D eigenvalue weighted by atomic mass is 9.94. The Morgan fingerprint density at radius 3 is 2.81 bits per heavy atom. The van der Waals surface area contributed by atoms with E-state index in [4.69, 9.17) is 4.74 Å². The second kappa shape index (κ2) is 5.48. The van der Waals surface area contributed by atoms with E-state index >= 15 is 0 Å². The summed E-state index contributed by atoms with van der Waals surface area (Å²) < 4.78 is 5.61. The third kappa shape index (κ3) is 4.35. The molecule has 0 unspecified atom stereocenters. The summed E-state index contributed by atoms with van der Waals surface area (Å²) >= 11 is 0. The number of carbonyl (C=O) groups excluding carboxylic acids is 1. The highest BCUT2D eigenvalue weighted by Crippen LogP contribution is 2.23. The van der Waals surface area contributed by atoms with E-state index < -0.39 is 0 Å². The smallest absolute Gasteiger partial charge is 0.244 e. The van der Waals surface area contributed by atoms with Gasteiger partial charge in [-0.25, -0.2) is 0 Å². The van der Waals surface area contributed by atoms with Crippen molar-refractivity contribution in [2.75, 3.05) is 6.61 Å². The van der Waals surface area contributed by atoms with Crippen LogP contribution in [0.1, 0.15) is 47.0 Å². The van der Waals surface area contributed by atoms with Gasteiger partial charge in [-0.1, -0.05) is 12.5 Å². The van der Waals surface area contributed by atoms with Crippen LogP contribution in [0.3, 0.4) is 0 Å². The molecule has 1 saturated heterocycles. The van der Waals surface area contributed by atoms with Crippen LogP contribution in [0.15, 0.2) is 11.6 Å². The Morgan fingerprint density at radius 1 is 1.56 bits per heavy atom. The van der Waals surface area contributed by atoms with Crippen molar-refractivity contribution < 1.29 is 9.53 Å². The quantitative estimate of drug-likeness (QED) is 0.749. The molecular formula is C13H23NO2. The second-order valence-electron chi connectivity index (χ2n) is 5.15. The minimum absolute atomic E-state index is 0.0297. The van der Waals surface area contributed by atoms with Gasteiger partial charge in [0.2, 0.25) is 5.91 Å². The third-order valence-corrected chi connectivity index (χ3v) is 2.98. The molecule has 1 atom stereocenters. The summed E-state index contributed by atoms with van der Waals surface area (Å²) in [6, 6.07) is 0.247. The Morgan fingerprint density at radius 2 is 2.25 bits per heavy atom. The molecule has 0 saturated carbocycles. The number of amides is 1. The number of allylic oxidation sites excluding steroid dienone is 1. The highest BCUT2D eigenvalue weighted by atomic mass is 16.5. The molecule has 3 nitrogen and oxygen atoms in total. The molecule has 0 radical (unpaired) electrons. The number of carbonyl (C=O) groups is 1. The van der Waals surface area contributed by atoms with E-state index in [0.29, 0.717) is 0 Å². The first-order valence-corrected chi connectivity index (χ1v) is 6.04. The van der Waals surface area contributed by atoms with Crippen LogP contribution in [0, 0.1) is 0 Å². The van der Waals surface area contributed by atoms with Crippen molar-refractivity contribution in [1.82, 2.24) is 5.32 Å². The number of ether oxygens (including phenoxy) is 1. The maximum Gasteiger partial charge on any atom is 0.244 e. The fourth-order valence-corrected chi connectivity index (χ4v) is 1.92. The molecule has 1 heterocycles. The molecule has 3 heteroatoms. The SMILES string of the molecule is CC/C(C)=C\C(=O)N[C@@H]1CCOC(C)(C)C1. The lowest BCUT2D eigenvalue weighted by molar-refractivity contribution is -0.119. The number of hydrogen-bond acceptors (Lipinski definition) is 2. The summed E-state index contributed by atoms with van der Waals surface area (Å²) in [7, 11) is 0. The highest BCUT2D eigenvalue weighted by molar-refractivity contribution is 5.88. The molecular weight excluding hydrogens is 202 g/mol. The van der Waals surface area contributed by atoms with Gasteiger partial charge in [0.1, 0.15) is 0 Å². The van der Waals surface area contributed by atoms with Gasteiger partial charge in [-0.3, -0.25) is 4.79 Å². The standard InChI is InChI=1S/C13H23NO2/c1-5-10(2)8-12(15)14-11-6-7-16-13(3,4)9-11/h8,11H,5-7,9H2,1-4H3,(H,14,15)/b10-8-/t11-/m1/s1. The summed E-state index contributed by atoms with van der Waals surface area (Å²) in [5.41, 5.74) is 1.00. The first kappa shape index (κ1) is 13.2. The van der Waals surface area contributed by atoms with Crippen molar-refractivity contribution in [2.45, 2.75) is 58.6 Å². The van der Waals surface area contributed by atoms with Crippen LogP contribution in [0.4, 0.5) is 0 Å². The molecule has 0 aromatic heterocycles. The average Bonchev–Trinajstić information content (AvgIpc) is 2.15. The maximum absolute atomic E-state index is 11.7.